The molecule has 0 fully saturated rings. The van der Waals surface area contributed by atoms with E-state index >= 15 is 0 Å². The van der Waals surface area contributed by atoms with Gasteiger partial charge in [0.2, 0.25) is 0 Å². The Morgan fingerprint density at radius 1 is 1.07 bits per heavy atom. The maximum atomic E-state index is 6.01. The van der Waals surface area contributed by atoms with Crippen molar-refractivity contribution in [1.82, 2.24) is 0 Å². The van der Waals surface area contributed by atoms with Gasteiger partial charge in [-0.05, 0) is 85.6 Å². The highest BCUT2D eigenvalue weighted by Crippen LogP contribution is 2.51. The summed E-state index contributed by atoms with van der Waals surface area (Å²) >= 11 is 3.69. The summed E-state index contributed by atoms with van der Waals surface area (Å²) in [6.45, 7) is 12.4. The Bertz CT molecular complexity index is 975. The van der Waals surface area contributed by atoms with Gasteiger partial charge in [-0.1, -0.05) is 64.5 Å². The van der Waals surface area contributed by atoms with Crippen LogP contribution in [0, 0.1) is 5.41 Å². The van der Waals surface area contributed by atoms with Crippen LogP contribution in [-0.2, 0) is 5.41 Å². The van der Waals surface area contributed by atoms with Crippen molar-refractivity contribution in [3.05, 3.63) is 57.6 Å². The molecule has 0 spiro atoms. The van der Waals surface area contributed by atoms with Crippen molar-refractivity contribution in [3.8, 4) is 5.75 Å². The molecule has 0 unspecified atom stereocenters. The van der Waals surface area contributed by atoms with E-state index in [4.69, 9.17) is 4.74 Å². The number of hydrogen-bond acceptors (Lipinski definition) is 1. The van der Waals surface area contributed by atoms with Crippen molar-refractivity contribution in [1.29, 1.82) is 0 Å². The van der Waals surface area contributed by atoms with Gasteiger partial charge in [-0.3, -0.25) is 0 Å². The first kappa shape index (κ1) is 18.8. The third-order valence-corrected chi connectivity index (χ3v) is 6.53. The van der Waals surface area contributed by atoms with Crippen LogP contribution >= 0.6 is 15.9 Å². The number of allylic oxidation sites excluding steroid dienone is 4. The smallest absolute Gasteiger partial charge is 0.134 e. The molecule has 142 valence electrons. The summed E-state index contributed by atoms with van der Waals surface area (Å²) in [5.74, 6) is 0.952. The van der Waals surface area contributed by atoms with Crippen molar-refractivity contribution in [2.45, 2.75) is 59.3 Å². The van der Waals surface area contributed by atoms with Gasteiger partial charge in [-0.2, -0.15) is 0 Å². The molecule has 27 heavy (non-hydrogen) atoms. The number of halogens is 1. The van der Waals surface area contributed by atoms with E-state index in [9.17, 15) is 0 Å². The monoisotopic (exact) mass is 424 g/mol. The molecule has 1 nitrogen and oxygen atoms in total. The Morgan fingerprint density at radius 2 is 1.85 bits per heavy atom. The minimum atomic E-state index is 0.116. The predicted molar refractivity (Wildman–Crippen MR) is 120 cm³/mol. The van der Waals surface area contributed by atoms with Gasteiger partial charge < -0.3 is 4.74 Å². The van der Waals surface area contributed by atoms with Crippen molar-refractivity contribution in [2.24, 2.45) is 5.41 Å². The molecular formula is C25H29BrO. The molecule has 0 aromatic heterocycles. The van der Waals surface area contributed by atoms with Gasteiger partial charge in [0, 0.05) is 0 Å². The van der Waals surface area contributed by atoms with Crippen LogP contribution in [-0.4, -0.2) is 6.61 Å². The summed E-state index contributed by atoms with van der Waals surface area (Å²) in [7, 11) is 0. The molecule has 0 bridgehead atoms. The van der Waals surface area contributed by atoms with Crippen LogP contribution in [0.5, 0.6) is 5.75 Å². The maximum absolute atomic E-state index is 6.01. The van der Waals surface area contributed by atoms with Crippen LogP contribution in [0.3, 0.4) is 0 Å². The Hall–Kier alpha value is -1.54. The van der Waals surface area contributed by atoms with E-state index < -0.39 is 0 Å². The molecule has 2 aliphatic carbocycles. The summed E-state index contributed by atoms with van der Waals surface area (Å²) < 4.78 is 7.05. The molecule has 0 N–H and O–H groups in total. The summed E-state index contributed by atoms with van der Waals surface area (Å²) in [6, 6.07) is 9.05. The zero-order chi connectivity index (χ0) is 19.4. The fraction of sp³-hybridized carbons (Fsp3) is 0.440. The van der Waals surface area contributed by atoms with Crippen LogP contribution < -0.4 is 4.74 Å². The Kier molecular flexibility index (Phi) is 4.54. The van der Waals surface area contributed by atoms with Crippen LogP contribution in [0.2, 0.25) is 0 Å². The minimum Gasteiger partial charge on any atom is -0.492 e. The van der Waals surface area contributed by atoms with Crippen LogP contribution in [0.25, 0.3) is 16.3 Å². The van der Waals surface area contributed by atoms with Gasteiger partial charge in [-0.25, -0.2) is 0 Å². The largest absolute Gasteiger partial charge is 0.492 e. The first-order valence-electron chi connectivity index (χ1n) is 10.0. The third-order valence-electron chi connectivity index (χ3n) is 5.91. The van der Waals surface area contributed by atoms with Gasteiger partial charge >= 0.3 is 0 Å². The molecule has 4 rings (SSSR count). The lowest BCUT2D eigenvalue weighted by molar-refractivity contribution is 0.316. The zero-order valence-corrected chi connectivity index (χ0v) is 18.7. The molecule has 0 saturated heterocycles. The number of hydrogen-bond donors (Lipinski definition) is 0. The average molecular weight is 425 g/mol. The average Bonchev–Trinajstić information content (AvgIpc) is 2.57. The second-order valence-corrected chi connectivity index (χ2v) is 10.3. The molecule has 0 heterocycles. The lowest BCUT2D eigenvalue weighted by Crippen LogP contribution is -2.27. The summed E-state index contributed by atoms with van der Waals surface area (Å²) in [6.07, 6.45) is 8.05. The van der Waals surface area contributed by atoms with Gasteiger partial charge in [0.25, 0.3) is 0 Å². The van der Waals surface area contributed by atoms with Crippen molar-refractivity contribution < 1.29 is 4.74 Å². The lowest BCUT2D eigenvalue weighted by atomic mass is 9.64. The third kappa shape index (κ3) is 3.27. The van der Waals surface area contributed by atoms with E-state index in [-0.39, 0.29) is 10.8 Å². The zero-order valence-electron chi connectivity index (χ0n) is 17.1. The molecule has 2 aromatic carbocycles. The van der Waals surface area contributed by atoms with Crippen molar-refractivity contribution in [3.63, 3.8) is 0 Å². The van der Waals surface area contributed by atoms with E-state index in [0.717, 1.165) is 36.1 Å². The van der Waals surface area contributed by atoms with Crippen molar-refractivity contribution >= 4 is 32.3 Å². The van der Waals surface area contributed by atoms with E-state index in [0.29, 0.717) is 0 Å². The highest BCUT2D eigenvalue weighted by Gasteiger charge is 2.36. The Labute approximate surface area is 171 Å². The molecule has 0 saturated carbocycles. The normalized spacial score (nSPS) is 19.8. The SMILES string of the molecule is CCCOc1cc2c3c(ccc2cc1Br)C1=C(CC(C)(C)C=C1)CC3(C)C. The molecular weight excluding hydrogens is 396 g/mol. The van der Waals surface area contributed by atoms with Crippen LogP contribution in [0.1, 0.15) is 65.0 Å². The standard InChI is InChI=1S/C25H29BrO/c1-6-11-27-22-13-20-16(12-21(22)26)7-8-19-18-9-10-24(2,3)14-17(18)15-25(4,5)23(19)20/h7-10,12-13H,6,11,14-15H2,1-5H3. The molecule has 2 heteroatoms. The van der Waals surface area contributed by atoms with Gasteiger partial charge in [0.05, 0.1) is 11.1 Å². The number of ether oxygens (including phenoxy) is 1. The number of benzene rings is 2. The van der Waals surface area contributed by atoms with E-state index in [1.807, 2.05) is 0 Å². The van der Waals surface area contributed by atoms with E-state index in [2.05, 4.69) is 87.0 Å². The molecule has 2 aromatic rings. The van der Waals surface area contributed by atoms with Crippen molar-refractivity contribution in [2.75, 3.05) is 6.61 Å². The van der Waals surface area contributed by atoms with Crippen LogP contribution in [0.15, 0.2) is 46.5 Å². The second-order valence-electron chi connectivity index (χ2n) is 9.42. The quantitative estimate of drug-likeness (QED) is 0.487. The molecule has 0 amide bonds. The number of fused-ring (bicyclic) bond motifs is 4. The Morgan fingerprint density at radius 3 is 2.59 bits per heavy atom. The van der Waals surface area contributed by atoms with Gasteiger partial charge in [-0.15, -0.1) is 0 Å². The second kappa shape index (κ2) is 6.51. The van der Waals surface area contributed by atoms with Gasteiger partial charge in [0.15, 0.2) is 0 Å². The number of rotatable bonds is 3. The summed E-state index contributed by atoms with van der Waals surface area (Å²) in [4.78, 5) is 0. The topological polar surface area (TPSA) is 9.23 Å². The van der Waals surface area contributed by atoms with E-state index in [1.165, 1.54) is 27.5 Å². The fourth-order valence-electron chi connectivity index (χ4n) is 4.79. The van der Waals surface area contributed by atoms with E-state index in [1.54, 1.807) is 5.57 Å². The summed E-state index contributed by atoms with van der Waals surface area (Å²) in [5, 5.41) is 2.61. The van der Waals surface area contributed by atoms with Crippen LogP contribution in [0.4, 0.5) is 0 Å². The molecule has 0 atom stereocenters. The molecule has 0 radical (unpaired) electrons. The highest BCUT2D eigenvalue weighted by atomic mass is 79.9. The predicted octanol–water partition coefficient (Wildman–Crippen LogP) is 7.81. The van der Waals surface area contributed by atoms with Gasteiger partial charge in [0.1, 0.15) is 5.75 Å². The molecule has 2 aliphatic rings. The highest BCUT2D eigenvalue weighted by molar-refractivity contribution is 9.10. The summed E-state index contributed by atoms with van der Waals surface area (Å²) in [5.41, 5.74) is 6.31. The maximum Gasteiger partial charge on any atom is 0.134 e. The Balaban J connectivity index is 1.95. The molecule has 0 aliphatic heterocycles. The fourth-order valence-corrected chi connectivity index (χ4v) is 5.27. The first-order chi connectivity index (χ1) is 12.7. The first-order valence-corrected chi connectivity index (χ1v) is 10.8. The minimum absolute atomic E-state index is 0.116. The lowest BCUT2D eigenvalue weighted by Gasteiger charge is -2.40.